The van der Waals surface area contributed by atoms with Gasteiger partial charge in [0.05, 0.1) is 17.6 Å². The van der Waals surface area contributed by atoms with Gasteiger partial charge in [-0.3, -0.25) is 24.6 Å². The highest BCUT2D eigenvalue weighted by molar-refractivity contribution is 5.94. The molecule has 9 heteroatoms. The fraction of sp³-hybridized carbons (Fsp3) is 0.233. The number of pyridine rings is 3. The van der Waals surface area contributed by atoms with Gasteiger partial charge in [-0.15, -0.1) is 0 Å². The van der Waals surface area contributed by atoms with Crippen LogP contribution in [0.25, 0.3) is 0 Å². The molecule has 1 aromatic carbocycles. The van der Waals surface area contributed by atoms with E-state index < -0.39 is 0 Å². The summed E-state index contributed by atoms with van der Waals surface area (Å²) >= 11 is 0. The molecule has 0 unspecified atom stereocenters. The molecule has 0 aliphatic heterocycles. The van der Waals surface area contributed by atoms with Gasteiger partial charge in [0, 0.05) is 76.2 Å². The van der Waals surface area contributed by atoms with Gasteiger partial charge >= 0.3 is 0 Å². The van der Waals surface area contributed by atoms with Crippen LogP contribution in [0.15, 0.2) is 103 Å². The van der Waals surface area contributed by atoms with Gasteiger partial charge < -0.3 is 10.6 Å². The number of rotatable bonds is 15. The van der Waals surface area contributed by atoms with E-state index in [0.717, 1.165) is 62.8 Å². The van der Waals surface area contributed by atoms with Crippen molar-refractivity contribution in [3.8, 4) is 0 Å². The number of carbonyl (C=O) groups is 1. The molecular weight excluding hydrogens is 488 g/mol. The predicted octanol–water partition coefficient (Wildman–Crippen LogP) is 3.02. The molecule has 4 aromatic rings. The second-order valence-corrected chi connectivity index (χ2v) is 8.95. The highest BCUT2D eigenvalue weighted by atomic mass is 16.2. The van der Waals surface area contributed by atoms with Crippen molar-refractivity contribution >= 4 is 12.1 Å². The first-order chi connectivity index (χ1) is 19.3. The van der Waals surface area contributed by atoms with E-state index in [4.69, 9.17) is 0 Å². The second-order valence-electron chi connectivity index (χ2n) is 8.95. The maximum atomic E-state index is 12.1. The number of nitrogens with one attached hydrogen (secondary N) is 3. The summed E-state index contributed by atoms with van der Waals surface area (Å²) in [6, 6.07) is 23.4. The Kier molecular flexibility index (Phi) is 11.3. The lowest BCUT2D eigenvalue weighted by Gasteiger charge is -2.23. The molecule has 0 saturated heterocycles. The molecule has 0 fully saturated rings. The van der Waals surface area contributed by atoms with Crippen LogP contribution in [0.1, 0.15) is 32.9 Å². The van der Waals surface area contributed by atoms with Crippen molar-refractivity contribution in [1.82, 2.24) is 35.9 Å². The zero-order valence-electron chi connectivity index (χ0n) is 21.9. The zero-order valence-corrected chi connectivity index (χ0v) is 21.9. The quantitative estimate of drug-likeness (QED) is 0.125. The minimum Gasteiger partial charge on any atom is -0.310 e. The van der Waals surface area contributed by atoms with Gasteiger partial charge in [0.1, 0.15) is 0 Å². The number of carbonyl (C=O) groups excluding carboxylic acids is 1. The Morgan fingerprint density at radius 3 is 1.95 bits per heavy atom. The SMILES string of the molecule is O=C(NN=Cc1ccc(CN(CCNCc2ccccn2)CCNCc2ccccn2)cc1)c1ccncc1. The fourth-order valence-electron chi connectivity index (χ4n) is 3.88. The van der Waals surface area contributed by atoms with Gasteiger partial charge in [0.25, 0.3) is 5.91 Å². The lowest BCUT2D eigenvalue weighted by Crippen LogP contribution is -2.36. The molecule has 0 spiro atoms. The summed E-state index contributed by atoms with van der Waals surface area (Å²) in [4.78, 5) is 27.2. The van der Waals surface area contributed by atoms with E-state index in [1.165, 1.54) is 5.56 Å². The molecule has 3 heterocycles. The van der Waals surface area contributed by atoms with E-state index in [1.54, 1.807) is 30.7 Å². The molecule has 0 atom stereocenters. The molecular formula is C30H34N8O. The van der Waals surface area contributed by atoms with E-state index >= 15 is 0 Å². The standard InChI is InChI=1S/C30H34N8O/c39-30(27-11-15-31-16-12-27)37-36-21-25-7-9-26(10-8-25)24-38(19-17-32-22-28-5-1-3-13-34-28)20-18-33-23-29-6-2-4-14-35-29/h1-16,21,32-33H,17-20,22-24H2,(H,37,39). The van der Waals surface area contributed by atoms with Gasteiger partial charge in [-0.1, -0.05) is 36.4 Å². The average molecular weight is 523 g/mol. The van der Waals surface area contributed by atoms with Crippen molar-refractivity contribution < 1.29 is 4.79 Å². The first-order valence-corrected chi connectivity index (χ1v) is 13.0. The molecule has 0 saturated carbocycles. The van der Waals surface area contributed by atoms with Crippen molar-refractivity contribution in [2.75, 3.05) is 26.2 Å². The smallest absolute Gasteiger partial charge is 0.271 e. The summed E-state index contributed by atoms with van der Waals surface area (Å²) in [5.41, 5.74) is 7.26. The third kappa shape index (κ3) is 10.2. The van der Waals surface area contributed by atoms with Gasteiger partial charge in [-0.2, -0.15) is 5.10 Å². The first-order valence-electron chi connectivity index (χ1n) is 13.0. The van der Waals surface area contributed by atoms with Crippen molar-refractivity contribution in [3.05, 3.63) is 126 Å². The van der Waals surface area contributed by atoms with E-state index in [2.05, 4.69) is 53.1 Å². The summed E-state index contributed by atoms with van der Waals surface area (Å²) < 4.78 is 0. The van der Waals surface area contributed by atoms with Crippen LogP contribution in [0.3, 0.4) is 0 Å². The van der Waals surface area contributed by atoms with Crippen LogP contribution in [-0.4, -0.2) is 58.2 Å². The minimum absolute atomic E-state index is 0.269. The van der Waals surface area contributed by atoms with Crippen LogP contribution in [0.5, 0.6) is 0 Å². The monoisotopic (exact) mass is 522 g/mol. The predicted molar refractivity (Wildman–Crippen MR) is 153 cm³/mol. The highest BCUT2D eigenvalue weighted by Gasteiger charge is 2.07. The normalized spacial score (nSPS) is 11.2. The van der Waals surface area contributed by atoms with Crippen LogP contribution in [0, 0.1) is 0 Å². The largest absolute Gasteiger partial charge is 0.310 e. The van der Waals surface area contributed by atoms with Crippen LogP contribution >= 0.6 is 0 Å². The topological polar surface area (TPSA) is 107 Å². The molecule has 3 N–H and O–H groups in total. The molecule has 4 rings (SSSR count). The molecule has 9 nitrogen and oxygen atoms in total. The number of benzene rings is 1. The minimum atomic E-state index is -0.269. The third-order valence-corrected chi connectivity index (χ3v) is 5.98. The Balaban J connectivity index is 1.26. The fourth-order valence-corrected chi connectivity index (χ4v) is 3.88. The summed E-state index contributed by atoms with van der Waals surface area (Å²) in [5.74, 6) is -0.269. The Morgan fingerprint density at radius 1 is 0.769 bits per heavy atom. The molecule has 0 aliphatic rings. The van der Waals surface area contributed by atoms with Gasteiger partial charge in [0.2, 0.25) is 0 Å². The molecule has 1 amide bonds. The van der Waals surface area contributed by atoms with Gasteiger partial charge in [0.15, 0.2) is 0 Å². The summed E-state index contributed by atoms with van der Waals surface area (Å²) in [6.07, 6.45) is 8.44. The third-order valence-electron chi connectivity index (χ3n) is 5.98. The average Bonchev–Trinajstić information content (AvgIpc) is 2.99. The van der Waals surface area contributed by atoms with Crippen LogP contribution in [0.2, 0.25) is 0 Å². The van der Waals surface area contributed by atoms with Crippen molar-refractivity contribution in [3.63, 3.8) is 0 Å². The molecule has 200 valence electrons. The number of amides is 1. The van der Waals surface area contributed by atoms with E-state index in [1.807, 2.05) is 60.9 Å². The lowest BCUT2D eigenvalue weighted by molar-refractivity contribution is 0.0955. The van der Waals surface area contributed by atoms with Crippen molar-refractivity contribution in [1.29, 1.82) is 0 Å². The van der Waals surface area contributed by atoms with Crippen molar-refractivity contribution in [2.24, 2.45) is 5.10 Å². The number of nitrogens with zero attached hydrogens (tertiary/aromatic N) is 5. The summed E-state index contributed by atoms with van der Waals surface area (Å²) in [6.45, 7) is 5.85. The van der Waals surface area contributed by atoms with E-state index in [-0.39, 0.29) is 5.91 Å². The summed E-state index contributed by atoms with van der Waals surface area (Å²) in [5, 5.41) is 11.1. The van der Waals surface area contributed by atoms with Gasteiger partial charge in [-0.25, -0.2) is 5.43 Å². The van der Waals surface area contributed by atoms with E-state index in [0.29, 0.717) is 5.56 Å². The molecule has 39 heavy (non-hydrogen) atoms. The molecule has 0 radical (unpaired) electrons. The zero-order chi connectivity index (χ0) is 27.0. The molecule has 0 bridgehead atoms. The molecule has 0 aliphatic carbocycles. The Bertz CT molecular complexity index is 1220. The second kappa shape index (κ2) is 15.8. The van der Waals surface area contributed by atoms with E-state index in [9.17, 15) is 4.79 Å². The van der Waals surface area contributed by atoms with Crippen molar-refractivity contribution in [2.45, 2.75) is 19.6 Å². The Morgan fingerprint density at radius 2 is 1.38 bits per heavy atom. The van der Waals surface area contributed by atoms with Crippen LogP contribution < -0.4 is 16.1 Å². The molecule has 3 aromatic heterocycles. The number of hydrazone groups is 1. The number of aromatic nitrogens is 3. The number of hydrogen-bond donors (Lipinski definition) is 3. The Hall–Kier alpha value is -4.31. The first kappa shape index (κ1) is 27.7. The van der Waals surface area contributed by atoms with Crippen LogP contribution in [-0.2, 0) is 19.6 Å². The Labute approximate surface area is 229 Å². The number of hydrogen-bond acceptors (Lipinski definition) is 8. The maximum absolute atomic E-state index is 12.1. The van der Waals surface area contributed by atoms with Gasteiger partial charge in [-0.05, 0) is 47.5 Å². The summed E-state index contributed by atoms with van der Waals surface area (Å²) in [7, 11) is 0. The highest BCUT2D eigenvalue weighted by Crippen LogP contribution is 2.07. The maximum Gasteiger partial charge on any atom is 0.271 e. The van der Waals surface area contributed by atoms with Crippen LogP contribution in [0.4, 0.5) is 0 Å². The lowest BCUT2D eigenvalue weighted by atomic mass is 10.1.